The van der Waals surface area contributed by atoms with E-state index in [1.807, 2.05) is 38.2 Å². The predicted octanol–water partition coefficient (Wildman–Crippen LogP) is 3.65. The molecule has 3 rings (SSSR count). The minimum atomic E-state index is -0.549. The molecule has 1 aromatic carbocycles. The van der Waals surface area contributed by atoms with E-state index < -0.39 is 5.54 Å². The van der Waals surface area contributed by atoms with Gasteiger partial charge in [-0.3, -0.25) is 0 Å². The molecule has 1 atom stereocenters. The first-order valence-corrected chi connectivity index (χ1v) is 7.96. The van der Waals surface area contributed by atoms with Crippen LogP contribution in [0.5, 0.6) is 0 Å². The van der Waals surface area contributed by atoms with E-state index in [9.17, 15) is 5.11 Å². The molecule has 23 heavy (non-hydrogen) atoms. The molecule has 0 saturated carbocycles. The zero-order chi connectivity index (χ0) is 16.6. The van der Waals surface area contributed by atoms with Crippen molar-refractivity contribution in [3.05, 3.63) is 69.6 Å². The van der Waals surface area contributed by atoms with Gasteiger partial charge in [-0.25, -0.2) is 4.68 Å². The quantitative estimate of drug-likeness (QED) is 0.888. The van der Waals surface area contributed by atoms with Gasteiger partial charge in [0.2, 0.25) is 0 Å². The Bertz CT molecular complexity index is 810. The molecular formula is C17H17Cl2N3O. The van der Waals surface area contributed by atoms with Crippen molar-refractivity contribution in [3.63, 3.8) is 0 Å². The van der Waals surface area contributed by atoms with Crippen LogP contribution < -0.4 is 5.32 Å². The molecule has 0 fully saturated rings. The normalized spacial score (nSPS) is 20.7. The first-order chi connectivity index (χ1) is 10.9. The van der Waals surface area contributed by atoms with Gasteiger partial charge in [0.1, 0.15) is 0 Å². The Hall–Kier alpha value is -1.75. The molecule has 1 aliphatic rings. The number of benzene rings is 1. The lowest BCUT2D eigenvalue weighted by Gasteiger charge is -2.34. The first kappa shape index (κ1) is 16.1. The zero-order valence-corrected chi connectivity index (χ0v) is 14.4. The maximum absolute atomic E-state index is 9.66. The summed E-state index contributed by atoms with van der Waals surface area (Å²) in [5.41, 5.74) is 3.10. The van der Waals surface area contributed by atoms with Crippen molar-refractivity contribution in [2.45, 2.75) is 19.4 Å². The highest BCUT2D eigenvalue weighted by Gasteiger charge is 2.33. The van der Waals surface area contributed by atoms with Crippen molar-refractivity contribution in [2.24, 2.45) is 0 Å². The van der Waals surface area contributed by atoms with E-state index in [0.717, 1.165) is 27.4 Å². The Labute approximate surface area is 145 Å². The summed E-state index contributed by atoms with van der Waals surface area (Å²) in [6.45, 7) is 3.86. The smallest absolute Gasteiger partial charge is 0.0862 e. The summed E-state index contributed by atoms with van der Waals surface area (Å²) in [5, 5.41) is 18.6. The van der Waals surface area contributed by atoms with Gasteiger partial charge in [0.15, 0.2) is 0 Å². The molecule has 1 aliphatic heterocycles. The third kappa shape index (κ3) is 2.90. The molecule has 1 unspecified atom stereocenters. The van der Waals surface area contributed by atoms with Gasteiger partial charge in [0.05, 0.1) is 29.1 Å². The van der Waals surface area contributed by atoms with Crippen molar-refractivity contribution in [1.29, 1.82) is 0 Å². The number of hydrogen-bond acceptors (Lipinski definition) is 3. The summed E-state index contributed by atoms with van der Waals surface area (Å²) in [4.78, 5) is 0. The van der Waals surface area contributed by atoms with Crippen LogP contribution in [0.3, 0.4) is 0 Å². The monoisotopic (exact) mass is 349 g/mol. The van der Waals surface area contributed by atoms with E-state index in [0.29, 0.717) is 5.03 Å². The summed E-state index contributed by atoms with van der Waals surface area (Å²) < 4.78 is 1.79. The topological polar surface area (TPSA) is 50.1 Å². The van der Waals surface area contributed by atoms with E-state index >= 15 is 0 Å². The molecule has 0 saturated heterocycles. The van der Waals surface area contributed by atoms with E-state index in [1.54, 1.807) is 23.2 Å². The Balaban J connectivity index is 1.98. The van der Waals surface area contributed by atoms with Crippen LogP contribution in [-0.4, -0.2) is 21.5 Å². The number of halogens is 2. The molecule has 0 amide bonds. The third-order valence-electron chi connectivity index (χ3n) is 4.19. The lowest BCUT2D eigenvalue weighted by molar-refractivity contribution is 0.297. The minimum Gasteiger partial charge on any atom is -0.392 e. The van der Waals surface area contributed by atoms with E-state index in [4.69, 9.17) is 23.2 Å². The van der Waals surface area contributed by atoms with Crippen LogP contribution >= 0.6 is 23.2 Å². The van der Waals surface area contributed by atoms with Crippen LogP contribution in [0.25, 0.3) is 5.69 Å². The predicted molar refractivity (Wildman–Crippen MR) is 92.9 cm³/mol. The van der Waals surface area contributed by atoms with Crippen LogP contribution in [0.1, 0.15) is 18.1 Å². The summed E-state index contributed by atoms with van der Waals surface area (Å²) in [6.07, 6.45) is 7.23. The number of nitrogens with one attached hydrogen (secondary N) is 1. The Morgan fingerprint density at radius 1 is 1.35 bits per heavy atom. The number of nitrogens with zero attached hydrogens (tertiary/aromatic N) is 2. The summed E-state index contributed by atoms with van der Waals surface area (Å²) in [5.74, 6) is 0. The first-order valence-electron chi connectivity index (χ1n) is 7.21. The summed E-state index contributed by atoms with van der Waals surface area (Å²) in [6, 6.07) is 5.76. The number of rotatable bonds is 3. The van der Waals surface area contributed by atoms with Gasteiger partial charge < -0.3 is 10.4 Å². The standard InChI is InChI=1S/C17H17Cl2N3O/c1-11-5-15(3-4-16(11)19)22-9-13(7-21-22)17(2)12(10-23)6-14(18)8-20-17/h3-9,20,23H,10H2,1-2H3. The van der Waals surface area contributed by atoms with Crippen molar-refractivity contribution < 1.29 is 5.11 Å². The molecule has 0 radical (unpaired) electrons. The van der Waals surface area contributed by atoms with Crippen molar-refractivity contribution >= 4 is 23.2 Å². The molecule has 0 spiro atoms. The lowest BCUT2D eigenvalue weighted by atomic mass is 9.85. The Kier molecular flexibility index (Phi) is 4.23. The number of aromatic nitrogens is 2. The average Bonchev–Trinajstić information content (AvgIpc) is 3.03. The van der Waals surface area contributed by atoms with E-state index in [-0.39, 0.29) is 6.61 Å². The van der Waals surface area contributed by atoms with Gasteiger partial charge in [-0.05, 0) is 49.3 Å². The minimum absolute atomic E-state index is 0.0845. The van der Waals surface area contributed by atoms with Crippen LogP contribution in [-0.2, 0) is 5.54 Å². The lowest BCUT2D eigenvalue weighted by Crippen LogP contribution is -2.41. The molecule has 0 aliphatic carbocycles. The average molecular weight is 350 g/mol. The number of aliphatic hydroxyl groups is 1. The molecule has 1 aromatic heterocycles. The molecule has 0 bridgehead atoms. The van der Waals surface area contributed by atoms with Crippen LogP contribution in [0, 0.1) is 6.92 Å². The largest absolute Gasteiger partial charge is 0.392 e. The zero-order valence-electron chi connectivity index (χ0n) is 12.8. The Morgan fingerprint density at radius 3 is 2.83 bits per heavy atom. The molecule has 6 heteroatoms. The number of allylic oxidation sites excluding steroid dienone is 2. The molecule has 2 aromatic rings. The fourth-order valence-electron chi connectivity index (χ4n) is 2.62. The molecule has 2 heterocycles. The fourth-order valence-corrected chi connectivity index (χ4v) is 2.93. The van der Waals surface area contributed by atoms with Crippen LogP contribution in [0.4, 0.5) is 0 Å². The van der Waals surface area contributed by atoms with Gasteiger partial charge in [0.25, 0.3) is 0 Å². The number of aryl methyl sites for hydroxylation is 1. The van der Waals surface area contributed by atoms with Gasteiger partial charge in [-0.1, -0.05) is 23.2 Å². The number of hydrogen-bond donors (Lipinski definition) is 2. The second-order valence-electron chi connectivity index (χ2n) is 5.73. The van der Waals surface area contributed by atoms with Crippen LogP contribution in [0.15, 0.2) is 53.5 Å². The number of dihydropyridines is 1. The molecule has 2 N–H and O–H groups in total. The summed E-state index contributed by atoms with van der Waals surface area (Å²) >= 11 is 12.1. The second-order valence-corrected chi connectivity index (χ2v) is 6.58. The SMILES string of the molecule is Cc1cc(-n2cc(C3(C)NC=C(Cl)C=C3CO)cn2)ccc1Cl. The van der Waals surface area contributed by atoms with E-state index in [1.165, 1.54) is 0 Å². The third-order valence-corrected chi connectivity index (χ3v) is 4.83. The van der Waals surface area contributed by atoms with Gasteiger partial charge >= 0.3 is 0 Å². The van der Waals surface area contributed by atoms with Crippen LogP contribution in [0.2, 0.25) is 5.02 Å². The Morgan fingerprint density at radius 2 is 2.13 bits per heavy atom. The highest BCUT2D eigenvalue weighted by atomic mass is 35.5. The maximum Gasteiger partial charge on any atom is 0.0862 e. The van der Waals surface area contributed by atoms with Crippen molar-refractivity contribution in [1.82, 2.24) is 15.1 Å². The van der Waals surface area contributed by atoms with Gasteiger partial charge in [-0.15, -0.1) is 0 Å². The highest BCUT2D eigenvalue weighted by molar-refractivity contribution is 6.31. The van der Waals surface area contributed by atoms with Gasteiger partial charge in [-0.2, -0.15) is 5.10 Å². The highest BCUT2D eigenvalue weighted by Crippen LogP contribution is 2.33. The number of aliphatic hydroxyl groups excluding tert-OH is 1. The molecular weight excluding hydrogens is 333 g/mol. The van der Waals surface area contributed by atoms with E-state index in [2.05, 4.69) is 10.4 Å². The van der Waals surface area contributed by atoms with Gasteiger partial charge in [0, 0.05) is 23.0 Å². The maximum atomic E-state index is 9.66. The van der Waals surface area contributed by atoms with Crippen molar-refractivity contribution in [2.75, 3.05) is 6.61 Å². The molecule has 120 valence electrons. The fraction of sp³-hybridized carbons (Fsp3) is 0.235. The molecule has 4 nitrogen and oxygen atoms in total. The summed E-state index contributed by atoms with van der Waals surface area (Å²) in [7, 11) is 0. The van der Waals surface area contributed by atoms with Crippen molar-refractivity contribution in [3.8, 4) is 5.69 Å². The second kappa shape index (κ2) is 6.04.